The lowest BCUT2D eigenvalue weighted by Crippen LogP contribution is -2.31. The second-order valence-corrected chi connectivity index (χ2v) is 11.6. The van der Waals surface area contributed by atoms with Gasteiger partial charge in [-0.25, -0.2) is 8.42 Å². The first-order valence-electron chi connectivity index (χ1n) is 10.1. The van der Waals surface area contributed by atoms with Gasteiger partial charge in [0.2, 0.25) is 0 Å². The summed E-state index contributed by atoms with van der Waals surface area (Å²) in [6.45, 7) is 4.79. The van der Waals surface area contributed by atoms with Gasteiger partial charge in [0.25, 0.3) is 5.91 Å². The summed E-state index contributed by atoms with van der Waals surface area (Å²) in [5, 5.41) is 3.63. The number of carbonyl (C=O) groups excluding carboxylic acids is 2. The fourth-order valence-electron chi connectivity index (χ4n) is 4.35. The van der Waals surface area contributed by atoms with Crippen molar-refractivity contribution in [2.24, 2.45) is 5.41 Å². The fraction of sp³-hybridized carbons (Fsp3) is 0.500. The highest BCUT2D eigenvalue weighted by Gasteiger charge is 2.36. The van der Waals surface area contributed by atoms with Crippen LogP contribution in [-0.4, -0.2) is 54.8 Å². The number of ketones is 1. The summed E-state index contributed by atoms with van der Waals surface area (Å²) in [5.74, 6) is 0.473. The average molecular weight is 431 g/mol. The predicted molar refractivity (Wildman–Crippen MR) is 111 cm³/mol. The van der Waals surface area contributed by atoms with Crippen LogP contribution in [0.4, 0.5) is 0 Å². The van der Waals surface area contributed by atoms with E-state index in [1.54, 1.807) is 17.0 Å². The van der Waals surface area contributed by atoms with Crippen molar-refractivity contribution in [1.82, 2.24) is 10.1 Å². The van der Waals surface area contributed by atoms with Crippen molar-refractivity contribution in [3.8, 4) is 0 Å². The average Bonchev–Trinajstić information content (AvgIpc) is 3.28. The summed E-state index contributed by atoms with van der Waals surface area (Å²) in [6, 6.07) is 7.14. The summed E-state index contributed by atoms with van der Waals surface area (Å²) in [5.41, 5.74) is 2.67. The molecule has 0 spiro atoms. The summed E-state index contributed by atoms with van der Waals surface area (Å²) in [6.07, 6.45) is 3.32. The van der Waals surface area contributed by atoms with Crippen LogP contribution in [0, 0.1) is 5.41 Å². The Kier molecular flexibility index (Phi) is 5.08. The molecule has 0 saturated carbocycles. The maximum atomic E-state index is 12.7. The fourth-order valence-corrected chi connectivity index (χ4v) is 5.34. The molecule has 4 rings (SSSR count). The lowest BCUT2D eigenvalue weighted by molar-refractivity contribution is 0.0792. The van der Waals surface area contributed by atoms with Crippen molar-refractivity contribution < 1.29 is 22.5 Å². The molecule has 1 unspecified atom stereocenters. The second-order valence-electron chi connectivity index (χ2n) is 9.23. The van der Waals surface area contributed by atoms with E-state index in [-0.39, 0.29) is 23.7 Å². The quantitative estimate of drug-likeness (QED) is 0.740. The van der Waals surface area contributed by atoms with Crippen LogP contribution >= 0.6 is 0 Å². The van der Waals surface area contributed by atoms with Gasteiger partial charge in [-0.15, -0.1) is 0 Å². The van der Waals surface area contributed by atoms with E-state index < -0.39 is 15.1 Å². The van der Waals surface area contributed by atoms with Crippen molar-refractivity contribution >= 4 is 21.5 Å². The molecular formula is C22H26N2O5S. The normalized spacial score (nSPS) is 21.0. The van der Waals surface area contributed by atoms with E-state index in [2.05, 4.69) is 19.0 Å². The second kappa shape index (κ2) is 7.34. The van der Waals surface area contributed by atoms with Crippen molar-refractivity contribution in [3.63, 3.8) is 0 Å². The zero-order valence-corrected chi connectivity index (χ0v) is 18.3. The number of nitrogens with zero attached hydrogens (tertiary/aromatic N) is 2. The third-order valence-corrected chi connectivity index (χ3v) is 7.60. The van der Waals surface area contributed by atoms with Gasteiger partial charge in [0.05, 0.1) is 16.5 Å². The Morgan fingerprint density at radius 3 is 2.57 bits per heavy atom. The first kappa shape index (κ1) is 20.8. The molecule has 7 nitrogen and oxygen atoms in total. The maximum Gasteiger partial charge on any atom is 0.253 e. The van der Waals surface area contributed by atoms with Crippen LogP contribution in [0.1, 0.15) is 64.4 Å². The number of fused-ring (bicyclic) bond motifs is 1. The molecule has 30 heavy (non-hydrogen) atoms. The molecule has 1 aromatic heterocycles. The van der Waals surface area contributed by atoms with Gasteiger partial charge < -0.3 is 9.42 Å². The van der Waals surface area contributed by atoms with Crippen molar-refractivity contribution in [2.75, 3.05) is 19.3 Å². The number of hydrogen-bond donors (Lipinski definition) is 0. The first-order valence-corrected chi connectivity index (χ1v) is 12.1. The van der Waals surface area contributed by atoms with E-state index in [9.17, 15) is 18.0 Å². The third kappa shape index (κ3) is 4.05. The van der Waals surface area contributed by atoms with E-state index in [0.717, 1.165) is 17.7 Å². The van der Waals surface area contributed by atoms with Gasteiger partial charge in [-0.3, -0.25) is 9.59 Å². The molecule has 1 fully saturated rings. The van der Waals surface area contributed by atoms with Gasteiger partial charge in [0, 0.05) is 37.8 Å². The Morgan fingerprint density at radius 2 is 1.93 bits per heavy atom. The highest BCUT2D eigenvalue weighted by molar-refractivity contribution is 7.91. The van der Waals surface area contributed by atoms with Crippen molar-refractivity contribution in [1.29, 1.82) is 0 Å². The molecule has 0 bridgehead atoms. The molecule has 2 aliphatic rings. The Morgan fingerprint density at radius 1 is 1.23 bits per heavy atom. The Labute approximate surface area is 176 Å². The Balaban J connectivity index is 1.46. The number of rotatable bonds is 4. The molecule has 1 aromatic carbocycles. The minimum atomic E-state index is -3.14. The molecule has 8 heteroatoms. The van der Waals surface area contributed by atoms with E-state index in [4.69, 9.17) is 4.52 Å². The van der Waals surface area contributed by atoms with Gasteiger partial charge in [0.15, 0.2) is 21.4 Å². The maximum absolute atomic E-state index is 12.7. The largest absolute Gasteiger partial charge is 0.360 e. The lowest BCUT2D eigenvalue weighted by Gasteiger charge is -2.26. The summed E-state index contributed by atoms with van der Waals surface area (Å²) < 4.78 is 28.9. The topological polar surface area (TPSA) is 97.6 Å². The van der Waals surface area contributed by atoms with Crippen LogP contribution in [0.25, 0.3) is 0 Å². The molecule has 2 heterocycles. The number of sulfone groups is 1. The summed E-state index contributed by atoms with van der Waals surface area (Å²) in [4.78, 5) is 26.9. The third-order valence-electron chi connectivity index (χ3n) is 6.00. The number of carbonyl (C=O) groups is 2. The van der Waals surface area contributed by atoms with Crippen LogP contribution in [0.5, 0.6) is 0 Å². The van der Waals surface area contributed by atoms with Gasteiger partial charge in [-0.2, -0.15) is 0 Å². The number of benzene rings is 1. The van der Waals surface area contributed by atoms with Crippen molar-refractivity contribution in [3.05, 3.63) is 52.4 Å². The standard InChI is InChI=1S/C22H26N2O5S/c1-22(2)11-17-20(18(25)12-22)19(29-23-17)10-14-4-6-15(7-5-14)21(26)24-9-8-16(13-24)30(3,27)28/h4-7,16H,8-13H2,1-3H3. The monoisotopic (exact) mass is 430 g/mol. The number of hydrogen-bond acceptors (Lipinski definition) is 6. The molecule has 1 aliphatic carbocycles. The first-order chi connectivity index (χ1) is 14.0. The van der Waals surface area contributed by atoms with Crippen LogP contribution in [0.2, 0.25) is 0 Å². The lowest BCUT2D eigenvalue weighted by atomic mass is 9.75. The van der Waals surface area contributed by atoms with E-state index in [1.165, 1.54) is 6.26 Å². The highest BCUT2D eigenvalue weighted by Crippen LogP contribution is 2.36. The zero-order valence-electron chi connectivity index (χ0n) is 17.5. The van der Waals surface area contributed by atoms with E-state index in [0.29, 0.717) is 42.7 Å². The zero-order chi connectivity index (χ0) is 21.7. The van der Waals surface area contributed by atoms with Crippen LogP contribution in [0.15, 0.2) is 28.8 Å². The number of likely N-dealkylation sites (tertiary alicyclic amines) is 1. The molecule has 1 saturated heterocycles. The van der Waals surface area contributed by atoms with Crippen LogP contribution < -0.4 is 0 Å². The Hall–Kier alpha value is -2.48. The van der Waals surface area contributed by atoms with Gasteiger partial charge in [-0.1, -0.05) is 31.1 Å². The van der Waals surface area contributed by atoms with Crippen LogP contribution in [0.3, 0.4) is 0 Å². The van der Waals surface area contributed by atoms with Gasteiger partial charge >= 0.3 is 0 Å². The highest BCUT2D eigenvalue weighted by atomic mass is 32.2. The molecular weight excluding hydrogens is 404 g/mol. The van der Waals surface area contributed by atoms with Gasteiger partial charge in [-0.05, 0) is 36.0 Å². The SMILES string of the molecule is CC1(C)CC(=O)c2c(noc2Cc2ccc(C(=O)N3CCC(S(C)(=O)=O)C3)cc2)C1. The Bertz CT molecular complexity index is 1100. The molecule has 1 aliphatic heterocycles. The smallest absolute Gasteiger partial charge is 0.253 e. The number of amides is 1. The minimum absolute atomic E-state index is 0.0683. The van der Waals surface area contributed by atoms with E-state index in [1.807, 2.05) is 12.1 Å². The van der Waals surface area contributed by atoms with Crippen molar-refractivity contribution in [2.45, 2.75) is 44.8 Å². The number of Topliss-reactive ketones (excluding diaryl/α,β-unsaturated/α-hetero) is 1. The number of aromatic nitrogens is 1. The van der Waals surface area contributed by atoms with Gasteiger partial charge in [0.1, 0.15) is 0 Å². The molecule has 1 atom stereocenters. The molecule has 0 N–H and O–H groups in total. The van der Waals surface area contributed by atoms with E-state index >= 15 is 0 Å². The summed E-state index contributed by atoms with van der Waals surface area (Å²) in [7, 11) is -3.14. The molecule has 2 aromatic rings. The predicted octanol–water partition coefficient (Wildman–Crippen LogP) is 2.68. The minimum Gasteiger partial charge on any atom is -0.360 e. The molecule has 1 amide bonds. The molecule has 160 valence electrons. The van der Waals surface area contributed by atoms with Crippen LogP contribution in [-0.2, 0) is 22.7 Å². The summed E-state index contributed by atoms with van der Waals surface area (Å²) >= 11 is 0. The molecule has 0 radical (unpaired) electrons.